The topological polar surface area (TPSA) is 51.0 Å². The Bertz CT molecular complexity index is 426. The highest BCUT2D eigenvalue weighted by molar-refractivity contribution is 9.10. The molecule has 2 rings (SSSR count). The summed E-state index contributed by atoms with van der Waals surface area (Å²) < 4.78 is 6.20. The fourth-order valence-corrected chi connectivity index (χ4v) is 1.90. The van der Waals surface area contributed by atoms with Crippen molar-refractivity contribution in [1.82, 2.24) is 10.2 Å². The third-order valence-electron chi connectivity index (χ3n) is 1.62. The van der Waals surface area contributed by atoms with Crippen molar-refractivity contribution in [2.75, 3.05) is 5.32 Å². The minimum absolute atomic E-state index is 0.613. The number of furan rings is 1. The van der Waals surface area contributed by atoms with Gasteiger partial charge in [0.25, 0.3) is 0 Å². The van der Waals surface area contributed by atoms with E-state index in [1.165, 1.54) is 11.3 Å². The molecule has 0 spiro atoms. The smallest absolute Gasteiger partial charge is 0.206 e. The van der Waals surface area contributed by atoms with E-state index < -0.39 is 0 Å². The molecule has 0 aromatic carbocycles. The summed E-state index contributed by atoms with van der Waals surface area (Å²) >= 11 is 4.90. The largest absolute Gasteiger partial charge is 0.466 e. The van der Waals surface area contributed by atoms with Gasteiger partial charge in [0.05, 0.1) is 17.3 Å². The zero-order valence-electron chi connectivity index (χ0n) is 7.45. The average Bonchev–Trinajstić information content (AvgIpc) is 2.72. The highest BCUT2D eigenvalue weighted by Crippen LogP contribution is 2.20. The Balaban J connectivity index is 1.98. The molecule has 2 aromatic rings. The molecule has 0 aliphatic carbocycles. The van der Waals surface area contributed by atoms with Gasteiger partial charge in [-0.2, -0.15) is 0 Å². The van der Waals surface area contributed by atoms with Crippen molar-refractivity contribution in [3.63, 3.8) is 0 Å². The summed E-state index contributed by atoms with van der Waals surface area (Å²) in [4.78, 5) is 0. The van der Waals surface area contributed by atoms with Crippen molar-refractivity contribution >= 4 is 32.4 Å². The summed E-state index contributed by atoms with van der Waals surface area (Å²) in [6.07, 6.45) is 1.65. The maximum Gasteiger partial charge on any atom is 0.206 e. The van der Waals surface area contributed by atoms with E-state index >= 15 is 0 Å². The molecule has 0 saturated carbocycles. The first kappa shape index (κ1) is 9.67. The van der Waals surface area contributed by atoms with Gasteiger partial charge in [-0.15, -0.1) is 10.2 Å². The van der Waals surface area contributed by atoms with Crippen LogP contribution in [0.3, 0.4) is 0 Å². The molecule has 14 heavy (non-hydrogen) atoms. The summed E-state index contributed by atoms with van der Waals surface area (Å²) in [5.41, 5.74) is 0. The molecule has 0 bridgehead atoms. The second-order valence-electron chi connectivity index (χ2n) is 2.67. The van der Waals surface area contributed by atoms with Crippen molar-refractivity contribution in [1.29, 1.82) is 0 Å². The van der Waals surface area contributed by atoms with Gasteiger partial charge in [-0.1, -0.05) is 11.3 Å². The predicted molar refractivity (Wildman–Crippen MR) is 58.4 cm³/mol. The maximum absolute atomic E-state index is 5.24. The van der Waals surface area contributed by atoms with Gasteiger partial charge in [0.1, 0.15) is 10.8 Å². The minimum atomic E-state index is 0.613. The standard InChI is InChI=1S/C8H8BrN3OS/c1-5-11-12-8(14-5)10-4-7-6(9)2-3-13-7/h2-3H,4H2,1H3,(H,10,12). The second-order valence-corrected chi connectivity index (χ2v) is 4.71. The van der Waals surface area contributed by atoms with E-state index in [4.69, 9.17) is 4.42 Å². The molecule has 6 heteroatoms. The first-order chi connectivity index (χ1) is 6.75. The Hall–Kier alpha value is -0.880. The molecule has 0 aliphatic rings. The lowest BCUT2D eigenvalue weighted by Crippen LogP contribution is -1.97. The number of nitrogens with one attached hydrogen (secondary N) is 1. The Labute approximate surface area is 93.5 Å². The van der Waals surface area contributed by atoms with E-state index in [2.05, 4.69) is 31.4 Å². The van der Waals surface area contributed by atoms with Crippen LogP contribution >= 0.6 is 27.3 Å². The molecule has 0 saturated heterocycles. The van der Waals surface area contributed by atoms with E-state index in [-0.39, 0.29) is 0 Å². The molecule has 2 aromatic heterocycles. The summed E-state index contributed by atoms with van der Waals surface area (Å²) in [7, 11) is 0. The quantitative estimate of drug-likeness (QED) is 0.935. The SMILES string of the molecule is Cc1nnc(NCc2occc2Br)s1. The van der Waals surface area contributed by atoms with Crippen LogP contribution in [0.4, 0.5) is 5.13 Å². The zero-order valence-corrected chi connectivity index (χ0v) is 9.85. The van der Waals surface area contributed by atoms with Gasteiger partial charge in [0, 0.05) is 0 Å². The van der Waals surface area contributed by atoms with Crippen molar-refractivity contribution in [3.8, 4) is 0 Å². The number of hydrogen-bond donors (Lipinski definition) is 1. The third-order valence-corrected chi connectivity index (χ3v) is 3.12. The number of rotatable bonds is 3. The molecule has 0 fully saturated rings. The zero-order chi connectivity index (χ0) is 9.97. The summed E-state index contributed by atoms with van der Waals surface area (Å²) in [5.74, 6) is 0.859. The van der Waals surface area contributed by atoms with Crippen LogP contribution in [0.25, 0.3) is 0 Å². The summed E-state index contributed by atoms with van der Waals surface area (Å²) in [6, 6.07) is 1.86. The molecule has 0 radical (unpaired) electrons. The first-order valence-electron chi connectivity index (χ1n) is 4.01. The van der Waals surface area contributed by atoms with Crippen LogP contribution in [0.15, 0.2) is 21.2 Å². The van der Waals surface area contributed by atoms with Crippen LogP contribution in [0.5, 0.6) is 0 Å². The van der Waals surface area contributed by atoms with Crippen LogP contribution < -0.4 is 5.32 Å². The number of aromatic nitrogens is 2. The van der Waals surface area contributed by atoms with Crippen molar-refractivity contribution in [2.45, 2.75) is 13.5 Å². The lowest BCUT2D eigenvalue weighted by molar-refractivity contribution is 0.516. The number of aryl methyl sites for hydroxylation is 1. The fraction of sp³-hybridized carbons (Fsp3) is 0.250. The average molecular weight is 274 g/mol. The molecule has 1 N–H and O–H groups in total. The van der Waals surface area contributed by atoms with Gasteiger partial charge in [0.15, 0.2) is 0 Å². The third kappa shape index (κ3) is 2.13. The van der Waals surface area contributed by atoms with Crippen LogP contribution in [-0.4, -0.2) is 10.2 Å². The van der Waals surface area contributed by atoms with E-state index in [1.807, 2.05) is 13.0 Å². The van der Waals surface area contributed by atoms with Crippen LogP contribution in [0.1, 0.15) is 10.8 Å². The Morgan fingerprint density at radius 1 is 1.57 bits per heavy atom. The second kappa shape index (κ2) is 4.10. The van der Waals surface area contributed by atoms with E-state index in [0.717, 1.165) is 20.4 Å². The molecule has 4 nitrogen and oxygen atoms in total. The molecule has 0 atom stereocenters. The van der Waals surface area contributed by atoms with Crippen LogP contribution in [-0.2, 0) is 6.54 Å². The summed E-state index contributed by atoms with van der Waals surface area (Å²) in [5, 5.41) is 12.7. The molecule has 74 valence electrons. The van der Waals surface area contributed by atoms with E-state index in [1.54, 1.807) is 6.26 Å². The highest BCUT2D eigenvalue weighted by Gasteiger charge is 2.04. The van der Waals surface area contributed by atoms with Crippen LogP contribution in [0.2, 0.25) is 0 Å². The fourth-order valence-electron chi connectivity index (χ4n) is 0.975. The lowest BCUT2D eigenvalue weighted by Gasteiger charge is -1.98. The Morgan fingerprint density at radius 3 is 3.00 bits per heavy atom. The number of nitrogens with zero attached hydrogens (tertiary/aromatic N) is 2. The lowest BCUT2D eigenvalue weighted by atomic mass is 10.4. The predicted octanol–water partition coefficient (Wildman–Crippen LogP) is 2.81. The molecule has 0 unspecified atom stereocenters. The Morgan fingerprint density at radius 2 is 2.43 bits per heavy atom. The Kier molecular flexibility index (Phi) is 2.83. The van der Waals surface area contributed by atoms with E-state index in [9.17, 15) is 0 Å². The minimum Gasteiger partial charge on any atom is -0.466 e. The van der Waals surface area contributed by atoms with Gasteiger partial charge in [0.2, 0.25) is 5.13 Å². The van der Waals surface area contributed by atoms with Gasteiger partial charge in [-0.25, -0.2) is 0 Å². The highest BCUT2D eigenvalue weighted by atomic mass is 79.9. The summed E-state index contributed by atoms with van der Waals surface area (Å²) in [6.45, 7) is 2.54. The van der Waals surface area contributed by atoms with Gasteiger partial charge >= 0.3 is 0 Å². The van der Waals surface area contributed by atoms with Gasteiger partial charge in [-0.3, -0.25) is 0 Å². The van der Waals surface area contributed by atoms with Crippen molar-refractivity contribution in [2.24, 2.45) is 0 Å². The first-order valence-corrected chi connectivity index (χ1v) is 5.62. The van der Waals surface area contributed by atoms with E-state index in [0.29, 0.717) is 6.54 Å². The normalized spacial score (nSPS) is 10.4. The van der Waals surface area contributed by atoms with Gasteiger partial charge in [-0.05, 0) is 28.9 Å². The number of anilines is 1. The van der Waals surface area contributed by atoms with Crippen LogP contribution in [0, 0.1) is 6.92 Å². The molecular weight excluding hydrogens is 266 g/mol. The number of hydrogen-bond acceptors (Lipinski definition) is 5. The van der Waals surface area contributed by atoms with Gasteiger partial charge < -0.3 is 9.73 Å². The van der Waals surface area contributed by atoms with Crippen molar-refractivity contribution in [3.05, 3.63) is 27.6 Å². The van der Waals surface area contributed by atoms with Crippen molar-refractivity contribution < 1.29 is 4.42 Å². The molecule has 0 aliphatic heterocycles. The maximum atomic E-state index is 5.24. The molecule has 0 amide bonds. The molecular formula is C8H8BrN3OS. The number of halogens is 1. The monoisotopic (exact) mass is 273 g/mol. The molecule has 2 heterocycles.